The van der Waals surface area contributed by atoms with Crippen LogP contribution in [0.3, 0.4) is 0 Å². The van der Waals surface area contributed by atoms with Crippen LogP contribution in [0.15, 0.2) is 28.8 Å². The highest BCUT2D eigenvalue weighted by molar-refractivity contribution is 6.30. The van der Waals surface area contributed by atoms with E-state index in [4.69, 9.17) is 20.9 Å². The van der Waals surface area contributed by atoms with Gasteiger partial charge in [0.25, 0.3) is 5.89 Å². The van der Waals surface area contributed by atoms with Crippen LogP contribution in [-0.4, -0.2) is 31.1 Å². The molecule has 24 heavy (non-hydrogen) atoms. The van der Waals surface area contributed by atoms with Crippen molar-refractivity contribution in [2.75, 3.05) is 0 Å². The third kappa shape index (κ3) is 3.28. The van der Waals surface area contributed by atoms with Crippen LogP contribution in [0, 0.1) is 6.92 Å². The number of hydrogen-bond acceptors (Lipinski definition) is 7. The Kier molecular flexibility index (Phi) is 4.57. The highest BCUT2D eigenvalue weighted by Crippen LogP contribution is 2.18. The molecule has 0 aliphatic carbocycles. The quantitative estimate of drug-likeness (QED) is 0.654. The molecule has 0 saturated heterocycles. The maximum absolute atomic E-state index is 12.3. The zero-order chi connectivity index (χ0) is 17.1. The van der Waals surface area contributed by atoms with E-state index >= 15 is 0 Å². The van der Waals surface area contributed by atoms with Gasteiger partial charge in [-0.05, 0) is 31.5 Å². The van der Waals surface area contributed by atoms with E-state index in [1.54, 1.807) is 29.8 Å². The van der Waals surface area contributed by atoms with Crippen LogP contribution in [0.4, 0.5) is 0 Å². The molecule has 0 atom stereocenters. The van der Waals surface area contributed by atoms with Crippen molar-refractivity contribution < 1.29 is 14.1 Å². The summed E-state index contributed by atoms with van der Waals surface area (Å²) in [7, 11) is 0. The van der Waals surface area contributed by atoms with E-state index < -0.39 is 5.97 Å². The van der Waals surface area contributed by atoms with Gasteiger partial charge in [-0.15, -0.1) is 5.10 Å². The first-order chi connectivity index (χ1) is 11.6. The van der Waals surface area contributed by atoms with Crippen LogP contribution in [0.2, 0.25) is 5.02 Å². The van der Waals surface area contributed by atoms with E-state index in [0.717, 1.165) is 5.69 Å². The lowest BCUT2D eigenvalue weighted by Crippen LogP contribution is -2.10. The molecular weight excluding hydrogens is 334 g/mol. The maximum Gasteiger partial charge on any atom is 0.361 e. The summed E-state index contributed by atoms with van der Waals surface area (Å²) in [5.74, 6) is 0.0966. The molecule has 0 unspecified atom stereocenters. The van der Waals surface area contributed by atoms with Crippen molar-refractivity contribution in [3.8, 4) is 5.69 Å². The van der Waals surface area contributed by atoms with Crippen LogP contribution in [0.25, 0.3) is 5.69 Å². The molecule has 0 N–H and O–H groups in total. The molecule has 2 aromatic heterocycles. The van der Waals surface area contributed by atoms with E-state index in [9.17, 15) is 4.79 Å². The zero-order valence-corrected chi connectivity index (χ0v) is 13.8. The number of carbonyl (C=O) groups is 1. The minimum atomic E-state index is -0.601. The van der Waals surface area contributed by atoms with Crippen molar-refractivity contribution in [3.05, 3.63) is 52.4 Å². The molecule has 9 heteroatoms. The molecule has 0 aliphatic heterocycles. The number of nitrogens with zero attached hydrogens (tertiary/aromatic N) is 5. The van der Waals surface area contributed by atoms with E-state index in [-0.39, 0.29) is 18.2 Å². The fraction of sp³-hybridized carbons (Fsp3) is 0.267. The number of ether oxygens (including phenoxy) is 1. The summed E-state index contributed by atoms with van der Waals surface area (Å²) in [6.07, 6.45) is 0.545. The number of aromatic nitrogens is 5. The van der Waals surface area contributed by atoms with Gasteiger partial charge in [-0.2, -0.15) is 4.98 Å². The Balaban J connectivity index is 1.82. The second-order valence-corrected chi connectivity index (χ2v) is 5.38. The monoisotopic (exact) mass is 347 g/mol. The molecule has 0 amide bonds. The lowest BCUT2D eigenvalue weighted by atomic mass is 10.2. The Morgan fingerprint density at radius 3 is 2.92 bits per heavy atom. The molecule has 8 nitrogen and oxygen atoms in total. The number of benzene rings is 1. The molecule has 124 valence electrons. The Hall–Kier alpha value is -2.74. The van der Waals surface area contributed by atoms with Crippen molar-refractivity contribution in [1.82, 2.24) is 25.1 Å². The number of rotatable bonds is 5. The van der Waals surface area contributed by atoms with Crippen molar-refractivity contribution in [2.24, 2.45) is 0 Å². The Labute approximate surface area is 142 Å². The van der Waals surface area contributed by atoms with Gasteiger partial charge in [-0.3, -0.25) is 0 Å². The maximum atomic E-state index is 12.3. The molecule has 2 heterocycles. The SMILES string of the molecule is CCc1c(C(=O)OCc2nc(C)no2)nnn1-c1cccc(Cl)c1. The van der Waals surface area contributed by atoms with Crippen LogP contribution in [-0.2, 0) is 17.8 Å². The lowest BCUT2D eigenvalue weighted by molar-refractivity contribution is 0.0421. The topological polar surface area (TPSA) is 95.9 Å². The summed E-state index contributed by atoms with van der Waals surface area (Å²) in [6, 6.07) is 7.13. The summed E-state index contributed by atoms with van der Waals surface area (Å²) >= 11 is 6.00. The van der Waals surface area contributed by atoms with Gasteiger partial charge in [0.2, 0.25) is 0 Å². The molecule has 0 bridgehead atoms. The predicted molar refractivity (Wildman–Crippen MR) is 83.9 cm³/mol. The minimum Gasteiger partial charge on any atom is -0.451 e. The van der Waals surface area contributed by atoms with Gasteiger partial charge < -0.3 is 9.26 Å². The second kappa shape index (κ2) is 6.79. The number of halogens is 1. The third-order valence-corrected chi connectivity index (χ3v) is 3.48. The standard InChI is InChI=1S/C15H14ClN5O3/c1-3-12-14(15(22)23-8-13-17-9(2)19-24-13)18-20-21(12)11-6-4-5-10(16)7-11/h4-7H,3,8H2,1-2H3. The van der Waals surface area contributed by atoms with Gasteiger partial charge in [-0.1, -0.05) is 35.0 Å². The van der Waals surface area contributed by atoms with Gasteiger partial charge in [-0.25, -0.2) is 9.48 Å². The van der Waals surface area contributed by atoms with Gasteiger partial charge in [0.1, 0.15) is 0 Å². The smallest absolute Gasteiger partial charge is 0.361 e. The van der Waals surface area contributed by atoms with E-state index in [0.29, 0.717) is 23.0 Å². The highest BCUT2D eigenvalue weighted by atomic mass is 35.5. The normalized spacial score (nSPS) is 10.8. The first-order valence-corrected chi connectivity index (χ1v) is 7.63. The van der Waals surface area contributed by atoms with Crippen molar-refractivity contribution in [1.29, 1.82) is 0 Å². The minimum absolute atomic E-state index is 0.118. The molecular formula is C15H14ClN5O3. The van der Waals surface area contributed by atoms with Crippen molar-refractivity contribution >= 4 is 17.6 Å². The first kappa shape index (κ1) is 16.1. The zero-order valence-electron chi connectivity index (χ0n) is 13.1. The number of carbonyl (C=O) groups excluding carboxylic acids is 1. The fourth-order valence-electron chi connectivity index (χ4n) is 2.19. The molecule has 0 radical (unpaired) electrons. The molecule has 0 fully saturated rings. The van der Waals surface area contributed by atoms with E-state index in [1.807, 2.05) is 13.0 Å². The van der Waals surface area contributed by atoms with E-state index in [2.05, 4.69) is 20.5 Å². The Morgan fingerprint density at radius 1 is 1.42 bits per heavy atom. The lowest BCUT2D eigenvalue weighted by Gasteiger charge is -2.06. The molecule has 0 aliphatic rings. The molecule has 3 rings (SSSR count). The molecule has 1 aromatic carbocycles. The highest BCUT2D eigenvalue weighted by Gasteiger charge is 2.21. The van der Waals surface area contributed by atoms with Gasteiger partial charge >= 0.3 is 5.97 Å². The number of aryl methyl sites for hydroxylation is 1. The average Bonchev–Trinajstić information content (AvgIpc) is 3.18. The average molecular weight is 348 g/mol. The summed E-state index contributed by atoms with van der Waals surface area (Å²) in [4.78, 5) is 16.2. The van der Waals surface area contributed by atoms with Crippen LogP contribution in [0.5, 0.6) is 0 Å². The number of hydrogen-bond donors (Lipinski definition) is 0. The predicted octanol–water partition coefficient (Wildman–Crippen LogP) is 2.53. The van der Waals surface area contributed by atoms with Gasteiger partial charge in [0, 0.05) is 5.02 Å². The largest absolute Gasteiger partial charge is 0.451 e. The van der Waals surface area contributed by atoms with Gasteiger partial charge in [0.05, 0.1) is 11.4 Å². The van der Waals surface area contributed by atoms with Gasteiger partial charge in [0.15, 0.2) is 18.1 Å². The van der Waals surface area contributed by atoms with Crippen molar-refractivity contribution in [3.63, 3.8) is 0 Å². The molecule has 3 aromatic rings. The summed E-state index contributed by atoms with van der Waals surface area (Å²) in [5, 5.41) is 12.2. The van der Waals surface area contributed by atoms with Crippen LogP contribution >= 0.6 is 11.6 Å². The van der Waals surface area contributed by atoms with Crippen LogP contribution in [0.1, 0.15) is 34.8 Å². The summed E-state index contributed by atoms with van der Waals surface area (Å²) in [5.41, 5.74) is 1.50. The molecule has 0 saturated carbocycles. The third-order valence-electron chi connectivity index (χ3n) is 3.24. The first-order valence-electron chi connectivity index (χ1n) is 7.25. The summed E-state index contributed by atoms with van der Waals surface area (Å²) in [6.45, 7) is 3.46. The summed E-state index contributed by atoms with van der Waals surface area (Å²) < 4.78 is 11.6. The van der Waals surface area contributed by atoms with E-state index in [1.165, 1.54) is 0 Å². The number of esters is 1. The molecule has 0 spiro atoms. The fourth-order valence-corrected chi connectivity index (χ4v) is 2.37. The van der Waals surface area contributed by atoms with Crippen molar-refractivity contribution in [2.45, 2.75) is 26.9 Å². The van der Waals surface area contributed by atoms with Crippen LogP contribution < -0.4 is 0 Å². The Morgan fingerprint density at radius 2 is 2.25 bits per heavy atom. The second-order valence-electron chi connectivity index (χ2n) is 4.94. The Bertz CT molecular complexity index is 874.